The Morgan fingerprint density at radius 1 is 0.704 bits per heavy atom. The van der Waals surface area contributed by atoms with Crippen molar-refractivity contribution in [2.45, 2.75) is 64.5 Å². The molecule has 0 spiro atoms. The number of aryl methyl sites for hydroxylation is 3. The monoisotopic (exact) mass is 722 g/mol. The maximum atomic E-state index is 14.4. The van der Waals surface area contributed by atoms with E-state index in [-0.39, 0.29) is 25.0 Å². The zero-order chi connectivity index (χ0) is 37.9. The molecule has 0 saturated carbocycles. The van der Waals surface area contributed by atoms with Crippen LogP contribution in [-0.2, 0) is 40.2 Å². The summed E-state index contributed by atoms with van der Waals surface area (Å²) in [7, 11) is 0. The van der Waals surface area contributed by atoms with Crippen molar-refractivity contribution in [1.82, 2.24) is 10.2 Å². The van der Waals surface area contributed by atoms with Crippen molar-refractivity contribution in [1.29, 1.82) is 0 Å². The molecule has 7 nitrogen and oxygen atoms in total. The number of nitrogens with zero attached hydrogens (tertiary/aromatic N) is 1. The van der Waals surface area contributed by atoms with Gasteiger partial charge in [-0.15, -0.1) is 0 Å². The largest absolute Gasteiger partial charge is 0.480 e. The summed E-state index contributed by atoms with van der Waals surface area (Å²) >= 11 is 0. The van der Waals surface area contributed by atoms with Crippen LogP contribution in [0.1, 0.15) is 66.0 Å². The number of benzene rings is 5. The maximum absolute atomic E-state index is 14.4. The van der Waals surface area contributed by atoms with E-state index in [1.54, 1.807) is 4.90 Å². The molecule has 6 rings (SSSR count). The van der Waals surface area contributed by atoms with Gasteiger partial charge in [-0.25, -0.2) is 9.59 Å². The molecule has 278 valence electrons. The van der Waals surface area contributed by atoms with Gasteiger partial charge in [0.1, 0.15) is 12.6 Å². The fourth-order valence-corrected chi connectivity index (χ4v) is 7.45. The van der Waals surface area contributed by atoms with Crippen molar-refractivity contribution >= 4 is 18.0 Å². The SMILES string of the molecule is CC(C)CN(C[C@H](CCc1ccccc1)C(=O)OCc1ccccc1)C(=O)N[C@H](C(=O)O)C(c1ccc(-c2ccccc2)cc1)c1ccc2c(c1)CCC2. The number of amides is 2. The van der Waals surface area contributed by atoms with E-state index >= 15 is 0 Å². The fourth-order valence-electron chi connectivity index (χ4n) is 7.45. The van der Waals surface area contributed by atoms with E-state index in [1.807, 2.05) is 135 Å². The number of carbonyl (C=O) groups excluding carboxylic acids is 2. The summed E-state index contributed by atoms with van der Waals surface area (Å²) in [5.41, 5.74) is 8.20. The Morgan fingerprint density at radius 3 is 1.94 bits per heavy atom. The predicted molar refractivity (Wildman–Crippen MR) is 213 cm³/mol. The van der Waals surface area contributed by atoms with Crippen LogP contribution in [0.3, 0.4) is 0 Å². The van der Waals surface area contributed by atoms with Crippen molar-refractivity contribution in [3.05, 3.63) is 167 Å². The average molecular weight is 723 g/mol. The van der Waals surface area contributed by atoms with E-state index in [9.17, 15) is 19.5 Å². The molecule has 0 aliphatic heterocycles. The molecule has 2 amide bonds. The summed E-state index contributed by atoms with van der Waals surface area (Å²) in [5.74, 6) is -2.74. The molecule has 5 aromatic rings. The normalized spacial score (nSPS) is 13.8. The first-order chi connectivity index (χ1) is 26.2. The van der Waals surface area contributed by atoms with Gasteiger partial charge in [0, 0.05) is 19.0 Å². The van der Waals surface area contributed by atoms with Crippen molar-refractivity contribution in [3.63, 3.8) is 0 Å². The van der Waals surface area contributed by atoms with Gasteiger partial charge in [-0.05, 0) is 82.5 Å². The van der Waals surface area contributed by atoms with Crippen molar-refractivity contribution in [2.24, 2.45) is 11.8 Å². The Bertz CT molecular complexity index is 1980. The average Bonchev–Trinajstić information content (AvgIpc) is 3.67. The molecule has 0 heterocycles. The minimum absolute atomic E-state index is 0.0622. The van der Waals surface area contributed by atoms with Crippen LogP contribution in [0.15, 0.2) is 133 Å². The molecule has 54 heavy (non-hydrogen) atoms. The van der Waals surface area contributed by atoms with Crippen molar-refractivity contribution in [2.75, 3.05) is 13.1 Å². The van der Waals surface area contributed by atoms with Gasteiger partial charge in [0.05, 0.1) is 5.92 Å². The second-order valence-corrected chi connectivity index (χ2v) is 14.7. The maximum Gasteiger partial charge on any atom is 0.327 e. The number of rotatable bonds is 16. The number of aliphatic carboxylic acids is 1. The lowest BCUT2D eigenvalue weighted by molar-refractivity contribution is -0.150. The van der Waals surface area contributed by atoms with Crippen LogP contribution in [-0.4, -0.2) is 47.1 Å². The lowest BCUT2D eigenvalue weighted by Crippen LogP contribution is -2.52. The molecule has 0 aromatic heterocycles. The second kappa shape index (κ2) is 18.4. The summed E-state index contributed by atoms with van der Waals surface area (Å²) in [5, 5.41) is 13.8. The lowest BCUT2D eigenvalue weighted by atomic mass is 9.83. The van der Waals surface area contributed by atoms with Gasteiger partial charge in [0.2, 0.25) is 0 Å². The van der Waals surface area contributed by atoms with Gasteiger partial charge in [0.25, 0.3) is 0 Å². The van der Waals surface area contributed by atoms with Gasteiger partial charge < -0.3 is 20.1 Å². The molecule has 0 bridgehead atoms. The highest BCUT2D eigenvalue weighted by atomic mass is 16.5. The molecule has 7 heteroatoms. The molecule has 1 aliphatic rings. The number of esters is 1. The second-order valence-electron chi connectivity index (χ2n) is 14.7. The third-order valence-corrected chi connectivity index (χ3v) is 10.2. The first-order valence-corrected chi connectivity index (χ1v) is 19.0. The van der Waals surface area contributed by atoms with Gasteiger partial charge in [0.15, 0.2) is 0 Å². The van der Waals surface area contributed by atoms with Crippen LogP contribution in [0.25, 0.3) is 11.1 Å². The lowest BCUT2D eigenvalue weighted by Gasteiger charge is -2.32. The Morgan fingerprint density at radius 2 is 1.30 bits per heavy atom. The van der Waals surface area contributed by atoms with Gasteiger partial charge in [-0.1, -0.05) is 147 Å². The number of nitrogens with one attached hydrogen (secondary N) is 1. The van der Waals surface area contributed by atoms with Crippen LogP contribution in [0, 0.1) is 11.8 Å². The standard InChI is InChI=1S/C47H50N2O5/c1-33(2)30-49(31-42(22-21-34-13-6-3-7-14-34)46(52)54-32-35-15-8-4-9-16-35)47(53)48-44(45(50)51)43(41-28-25-37-19-12-20-40(37)29-41)39-26-23-38(24-27-39)36-17-10-5-11-18-36/h3-11,13-18,23-29,33,42-44H,12,19-22,30-32H2,1-2H3,(H,48,53)(H,50,51)/t42-,43?,44-/m0/s1. The highest BCUT2D eigenvalue weighted by molar-refractivity contribution is 5.85. The minimum atomic E-state index is -1.28. The molecule has 2 N–H and O–H groups in total. The summed E-state index contributed by atoms with van der Waals surface area (Å²) in [6.07, 6.45) is 4.11. The molecule has 1 aliphatic carbocycles. The third kappa shape index (κ3) is 10.0. The number of fused-ring (bicyclic) bond motifs is 1. The van der Waals surface area contributed by atoms with E-state index in [1.165, 1.54) is 11.1 Å². The smallest absolute Gasteiger partial charge is 0.327 e. The minimum Gasteiger partial charge on any atom is -0.480 e. The zero-order valence-corrected chi connectivity index (χ0v) is 31.2. The fraction of sp³-hybridized carbons (Fsp3) is 0.298. The molecule has 1 unspecified atom stereocenters. The topological polar surface area (TPSA) is 95.9 Å². The Hall–Kier alpha value is -5.69. The number of carboxylic acids is 1. The molecule has 0 saturated heterocycles. The van der Waals surface area contributed by atoms with Crippen LogP contribution in [0.5, 0.6) is 0 Å². The number of ether oxygens (including phenoxy) is 1. The van der Waals surface area contributed by atoms with E-state index in [0.29, 0.717) is 19.4 Å². The Labute approximate surface area is 319 Å². The van der Waals surface area contributed by atoms with Crippen LogP contribution in [0.4, 0.5) is 4.79 Å². The number of hydrogen-bond acceptors (Lipinski definition) is 4. The summed E-state index contributed by atoms with van der Waals surface area (Å²) in [6, 6.07) is 41.9. The third-order valence-electron chi connectivity index (χ3n) is 10.2. The molecule has 5 aromatic carbocycles. The first kappa shape index (κ1) is 38.0. The molecular weight excluding hydrogens is 673 g/mol. The van der Waals surface area contributed by atoms with E-state index in [4.69, 9.17) is 4.74 Å². The predicted octanol–water partition coefficient (Wildman–Crippen LogP) is 9.09. The van der Waals surface area contributed by atoms with Crippen molar-refractivity contribution < 1.29 is 24.2 Å². The summed E-state index contributed by atoms with van der Waals surface area (Å²) in [6.45, 7) is 4.56. The first-order valence-electron chi connectivity index (χ1n) is 19.0. The van der Waals surface area contributed by atoms with Crippen LogP contribution < -0.4 is 5.32 Å². The van der Waals surface area contributed by atoms with Crippen LogP contribution in [0.2, 0.25) is 0 Å². The number of carbonyl (C=O) groups is 3. The van der Waals surface area contributed by atoms with Crippen molar-refractivity contribution in [3.8, 4) is 11.1 Å². The van der Waals surface area contributed by atoms with E-state index in [2.05, 4.69) is 17.4 Å². The van der Waals surface area contributed by atoms with Gasteiger partial charge in [-0.2, -0.15) is 0 Å². The molecule has 0 radical (unpaired) electrons. The number of carboxylic acid groups (broad SMARTS) is 1. The van der Waals surface area contributed by atoms with E-state index < -0.39 is 29.9 Å². The van der Waals surface area contributed by atoms with E-state index in [0.717, 1.165) is 52.6 Å². The molecule has 0 fully saturated rings. The zero-order valence-electron chi connectivity index (χ0n) is 31.2. The van der Waals surface area contributed by atoms with Crippen LogP contribution >= 0.6 is 0 Å². The highest BCUT2D eigenvalue weighted by Gasteiger charge is 2.35. The molecule has 3 atom stereocenters. The summed E-state index contributed by atoms with van der Waals surface area (Å²) in [4.78, 5) is 43.0. The quantitative estimate of drug-likeness (QED) is 0.0992. The summed E-state index contributed by atoms with van der Waals surface area (Å²) < 4.78 is 5.82. The molecular formula is C47H50N2O5. The number of hydrogen-bond donors (Lipinski definition) is 2. The van der Waals surface area contributed by atoms with Gasteiger partial charge >= 0.3 is 18.0 Å². The van der Waals surface area contributed by atoms with Gasteiger partial charge in [-0.3, -0.25) is 4.79 Å². The highest BCUT2D eigenvalue weighted by Crippen LogP contribution is 2.34. The Balaban J connectivity index is 1.28. The number of urea groups is 1. The Kier molecular flexibility index (Phi) is 12.9.